The van der Waals surface area contributed by atoms with Crippen molar-refractivity contribution >= 4 is 22.8 Å². The Morgan fingerprint density at radius 3 is 2.73 bits per heavy atom. The zero-order valence-electron chi connectivity index (χ0n) is 18.7. The van der Waals surface area contributed by atoms with Gasteiger partial charge in [0.15, 0.2) is 24.6 Å². The Balaban J connectivity index is 1.63. The van der Waals surface area contributed by atoms with Crippen molar-refractivity contribution < 1.29 is 28.9 Å². The molecule has 9 nitrogen and oxygen atoms in total. The summed E-state index contributed by atoms with van der Waals surface area (Å²) in [7, 11) is 0. The van der Waals surface area contributed by atoms with E-state index in [0.717, 1.165) is 19.3 Å². The maximum atomic E-state index is 15.5. The van der Waals surface area contributed by atoms with Crippen LogP contribution in [-0.2, 0) is 14.3 Å². The molecule has 1 aliphatic rings. The minimum Gasteiger partial charge on any atom is -0.459 e. The van der Waals surface area contributed by atoms with E-state index in [1.165, 1.54) is 42.4 Å². The molecule has 3 rings (SSSR count). The highest BCUT2D eigenvalue weighted by atomic mass is 19.2. The molecule has 33 heavy (non-hydrogen) atoms. The first-order chi connectivity index (χ1) is 15.8. The third-order valence-corrected chi connectivity index (χ3v) is 5.90. The van der Waals surface area contributed by atoms with E-state index in [2.05, 4.69) is 16.9 Å². The van der Waals surface area contributed by atoms with Gasteiger partial charge < -0.3 is 25.4 Å². The van der Waals surface area contributed by atoms with Crippen molar-refractivity contribution in [3.8, 4) is 12.3 Å². The van der Waals surface area contributed by atoms with Crippen LogP contribution >= 0.6 is 0 Å². The number of fused-ring (bicyclic) bond motifs is 1. The standard InChI is InChI=1S/C23H31FN4O5/c1-3-5-6-7-8-9-10-11-17(29)32-14-23(24)20(30)22(31,4-2)21(33-23)28-15-27-18-16(25)12-13-26-19(18)28/h2,12-13,15,20-21,30-31H,3,5-11,14H2,1H3,(H2,25,26)/t20-,21+,22+,23+/m0/s1. The number of hydrogen-bond acceptors (Lipinski definition) is 8. The minimum absolute atomic E-state index is 0.123. The van der Waals surface area contributed by atoms with Crippen LogP contribution < -0.4 is 5.73 Å². The van der Waals surface area contributed by atoms with Gasteiger partial charge in [-0.1, -0.05) is 51.4 Å². The molecule has 0 aliphatic carbocycles. The molecule has 4 N–H and O–H groups in total. The summed E-state index contributed by atoms with van der Waals surface area (Å²) in [5, 5.41) is 21.4. The molecular weight excluding hydrogens is 431 g/mol. The monoisotopic (exact) mass is 462 g/mol. The highest BCUT2D eigenvalue weighted by molar-refractivity contribution is 5.83. The fourth-order valence-corrected chi connectivity index (χ4v) is 3.94. The van der Waals surface area contributed by atoms with Crippen molar-refractivity contribution in [2.45, 2.75) is 82.1 Å². The molecule has 0 spiro atoms. The third kappa shape index (κ3) is 5.11. The molecule has 1 fully saturated rings. The van der Waals surface area contributed by atoms with E-state index in [0.29, 0.717) is 17.6 Å². The topological polar surface area (TPSA) is 133 Å². The number of nitrogens with two attached hydrogens (primary N) is 1. The largest absolute Gasteiger partial charge is 0.459 e. The van der Waals surface area contributed by atoms with E-state index in [1.54, 1.807) is 0 Å². The van der Waals surface area contributed by atoms with E-state index in [1.807, 2.05) is 5.92 Å². The van der Waals surface area contributed by atoms with Crippen LogP contribution in [-0.4, -0.2) is 54.9 Å². The van der Waals surface area contributed by atoms with Gasteiger partial charge in [0.2, 0.25) is 5.60 Å². The molecule has 0 amide bonds. The second-order valence-electron chi connectivity index (χ2n) is 8.38. The van der Waals surface area contributed by atoms with Crippen molar-refractivity contribution in [1.82, 2.24) is 14.5 Å². The van der Waals surface area contributed by atoms with Crippen LogP contribution in [0.4, 0.5) is 10.1 Å². The molecule has 1 saturated heterocycles. The number of hydrogen-bond donors (Lipinski definition) is 3. The van der Waals surface area contributed by atoms with E-state index in [9.17, 15) is 15.0 Å². The average molecular weight is 463 g/mol. The average Bonchev–Trinajstić information content (AvgIpc) is 3.32. The molecule has 3 heterocycles. The lowest BCUT2D eigenvalue weighted by atomic mass is 9.94. The van der Waals surface area contributed by atoms with E-state index < -0.39 is 36.4 Å². The summed E-state index contributed by atoms with van der Waals surface area (Å²) in [5.74, 6) is -1.55. The van der Waals surface area contributed by atoms with Crippen molar-refractivity contribution in [2.75, 3.05) is 12.3 Å². The molecule has 180 valence electrons. The van der Waals surface area contributed by atoms with Gasteiger partial charge in [0, 0.05) is 12.6 Å². The molecule has 1 aliphatic heterocycles. The summed E-state index contributed by atoms with van der Waals surface area (Å²) in [5.41, 5.74) is 4.19. The van der Waals surface area contributed by atoms with Crippen LogP contribution in [0.25, 0.3) is 11.2 Å². The Morgan fingerprint density at radius 2 is 2.03 bits per heavy atom. The first-order valence-corrected chi connectivity index (χ1v) is 11.2. The van der Waals surface area contributed by atoms with E-state index in [4.69, 9.17) is 21.6 Å². The summed E-state index contributed by atoms with van der Waals surface area (Å²) in [6.07, 6.45) is 11.6. The molecule has 0 aromatic carbocycles. The summed E-state index contributed by atoms with van der Waals surface area (Å²) in [4.78, 5) is 20.3. The number of pyridine rings is 1. The number of aliphatic hydroxyl groups excluding tert-OH is 1. The molecule has 0 saturated carbocycles. The predicted octanol–water partition coefficient (Wildman–Crippen LogP) is 2.62. The molecule has 10 heteroatoms. The molecule has 2 aromatic rings. The van der Waals surface area contributed by atoms with Gasteiger partial charge in [-0.2, -0.15) is 0 Å². The molecular formula is C23H31FN4O5. The number of nitrogen functional groups attached to an aromatic ring is 1. The normalized spacial score (nSPS) is 27.0. The van der Waals surface area contributed by atoms with Crippen LogP contribution in [0.1, 0.15) is 64.5 Å². The molecule has 2 aromatic heterocycles. The van der Waals surface area contributed by atoms with Crippen LogP contribution in [0.2, 0.25) is 0 Å². The number of unbranched alkanes of at least 4 members (excludes halogenated alkanes) is 6. The second-order valence-corrected chi connectivity index (χ2v) is 8.38. The number of carbonyl (C=O) groups excluding carboxylic acids is 1. The van der Waals surface area contributed by atoms with E-state index in [-0.39, 0.29) is 12.1 Å². The second kappa shape index (κ2) is 10.5. The van der Waals surface area contributed by atoms with Gasteiger partial charge in [-0.25, -0.2) is 14.4 Å². The molecule has 4 atom stereocenters. The summed E-state index contributed by atoms with van der Waals surface area (Å²) >= 11 is 0. The first-order valence-electron chi connectivity index (χ1n) is 11.2. The van der Waals surface area contributed by atoms with Crippen LogP contribution in [0.5, 0.6) is 0 Å². The first kappa shape index (κ1) is 24.9. The molecule has 0 bridgehead atoms. The highest BCUT2D eigenvalue weighted by Gasteiger charge is 2.65. The zero-order valence-corrected chi connectivity index (χ0v) is 18.7. The number of anilines is 1. The number of nitrogens with zero attached hydrogens (tertiary/aromatic N) is 3. The van der Waals surface area contributed by atoms with Crippen molar-refractivity contribution in [3.05, 3.63) is 18.6 Å². The van der Waals surface area contributed by atoms with Crippen LogP contribution in [0.15, 0.2) is 18.6 Å². The summed E-state index contributed by atoms with van der Waals surface area (Å²) in [6, 6.07) is 1.53. The number of halogens is 1. The number of alkyl halides is 1. The zero-order chi connectivity index (χ0) is 24.1. The summed E-state index contributed by atoms with van der Waals surface area (Å²) < 4.78 is 27.1. The van der Waals surface area contributed by atoms with Gasteiger partial charge in [-0.15, -0.1) is 6.42 Å². The van der Waals surface area contributed by atoms with Crippen molar-refractivity contribution in [1.29, 1.82) is 0 Å². The third-order valence-electron chi connectivity index (χ3n) is 5.90. The van der Waals surface area contributed by atoms with Gasteiger partial charge in [0.05, 0.1) is 12.0 Å². The van der Waals surface area contributed by atoms with Gasteiger partial charge in [0.25, 0.3) is 5.85 Å². The van der Waals surface area contributed by atoms with Gasteiger partial charge in [0.1, 0.15) is 5.52 Å². The van der Waals surface area contributed by atoms with Crippen molar-refractivity contribution in [2.24, 2.45) is 0 Å². The number of aliphatic hydroxyl groups is 2. The number of imidazole rings is 1. The smallest absolute Gasteiger partial charge is 0.305 e. The van der Waals surface area contributed by atoms with Gasteiger partial charge >= 0.3 is 5.97 Å². The van der Waals surface area contributed by atoms with Gasteiger partial charge in [-0.3, -0.25) is 9.36 Å². The molecule has 0 radical (unpaired) electrons. The number of carbonyl (C=O) groups is 1. The Bertz CT molecular complexity index is 1010. The lowest BCUT2D eigenvalue weighted by Crippen LogP contribution is -2.50. The Labute approximate surface area is 192 Å². The number of aromatic nitrogens is 3. The maximum Gasteiger partial charge on any atom is 0.305 e. The minimum atomic E-state index is -2.93. The Kier molecular flexibility index (Phi) is 7.89. The predicted molar refractivity (Wildman–Crippen MR) is 119 cm³/mol. The van der Waals surface area contributed by atoms with E-state index >= 15 is 4.39 Å². The number of ether oxygens (including phenoxy) is 2. The number of rotatable bonds is 11. The SMILES string of the molecule is C#C[C@]1(O)[C@H](n2cnc3c(N)ccnc32)O[C@](F)(COC(=O)CCCCCCCCC)[C@H]1O. The van der Waals surface area contributed by atoms with Crippen LogP contribution in [0, 0.1) is 12.3 Å². The summed E-state index contributed by atoms with van der Waals surface area (Å²) in [6.45, 7) is 1.22. The number of esters is 1. The fraction of sp³-hybridized carbons (Fsp3) is 0.609. The van der Waals surface area contributed by atoms with Gasteiger partial charge in [-0.05, 0) is 12.5 Å². The highest BCUT2D eigenvalue weighted by Crippen LogP contribution is 2.46. The molecule has 0 unspecified atom stereocenters. The lowest BCUT2D eigenvalue weighted by molar-refractivity contribution is -0.216. The fourth-order valence-electron chi connectivity index (χ4n) is 3.94. The lowest BCUT2D eigenvalue weighted by Gasteiger charge is -2.26. The van der Waals surface area contributed by atoms with Crippen molar-refractivity contribution in [3.63, 3.8) is 0 Å². The maximum absolute atomic E-state index is 15.5. The quantitative estimate of drug-likeness (QED) is 0.264. The Morgan fingerprint density at radius 1 is 1.33 bits per heavy atom. The Hall–Kier alpha value is -2.74. The number of terminal acetylenes is 1. The van der Waals surface area contributed by atoms with Crippen LogP contribution in [0.3, 0.4) is 0 Å².